The van der Waals surface area contributed by atoms with Crippen LogP contribution in [0.15, 0.2) is 54.6 Å². The average molecular weight is 439 g/mol. The molecule has 2 aliphatic rings. The molecule has 2 aromatic rings. The highest BCUT2D eigenvalue weighted by Gasteiger charge is 2.44. The average Bonchev–Trinajstić information content (AvgIpc) is 2.85. The number of hydrogen-bond donors (Lipinski definition) is 0. The van der Waals surface area contributed by atoms with E-state index in [2.05, 4.69) is 12.1 Å². The number of benzene rings is 2. The first-order chi connectivity index (χ1) is 15.6. The van der Waals surface area contributed by atoms with Crippen LogP contribution in [0.25, 0.3) is 0 Å². The molecule has 0 N–H and O–H groups in total. The molecule has 2 fully saturated rings. The van der Waals surface area contributed by atoms with E-state index in [-0.39, 0.29) is 17.6 Å². The van der Waals surface area contributed by atoms with Crippen molar-refractivity contribution in [2.75, 3.05) is 39.4 Å². The molecule has 4 rings (SSSR count). The summed E-state index contributed by atoms with van der Waals surface area (Å²) in [7, 11) is 0. The van der Waals surface area contributed by atoms with E-state index in [1.54, 1.807) is 12.1 Å². The second-order valence-corrected chi connectivity index (χ2v) is 8.71. The Kier molecular flexibility index (Phi) is 7.20. The number of amides is 2. The van der Waals surface area contributed by atoms with Gasteiger partial charge >= 0.3 is 0 Å². The molecule has 2 aromatic carbocycles. The maximum Gasteiger partial charge on any atom is 0.233 e. The molecule has 0 aromatic heterocycles. The Bertz CT molecular complexity index is 902. The lowest BCUT2D eigenvalue weighted by Crippen LogP contribution is -2.56. The number of rotatable bonds is 6. The van der Waals surface area contributed by atoms with Gasteiger partial charge in [0.15, 0.2) is 0 Å². The van der Waals surface area contributed by atoms with Crippen molar-refractivity contribution in [1.29, 1.82) is 0 Å². The van der Waals surface area contributed by atoms with Crippen LogP contribution in [0, 0.1) is 5.82 Å². The Morgan fingerprint density at radius 2 is 1.50 bits per heavy atom. The SMILES string of the molecule is O=C(CCCc1ccccc1)N1CCN(C(=O)C2(c3ccc(F)cc3)CCOCC2)CC1. The monoisotopic (exact) mass is 438 g/mol. The zero-order chi connectivity index (χ0) is 22.4. The summed E-state index contributed by atoms with van der Waals surface area (Å²) in [6, 6.07) is 16.5. The van der Waals surface area contributed by atoms with Gasteiger partial charge in [-0.2, -0.15) is 0 Å². The molecular weight excluding hydrogens is 407 g/mol. The van der Waals surface area contributed by atoms with Crippen LogP contribution in [-0.4, -0.2) is 61.0 Å². The Morgan fingerprint density at radius 1 is 0.875 bits per heavy atom. The molecular formula is C26H31FN2O3. The predicted octanol–water partition coefficient (Wildman–Crippen LogP) is 3.57. The summed E-state index contributed by atoms with van der Waals surface area (Å²) in [5, 5.41) is 0. The number of hydrogen-bond acceptors (Lipinski definition) is 3. The molecule has 0 radical (unpaired) electrons. The Balaban J connectivity index is 1.33. The van der Waals surface area contributed by atoms with E-state index >= 15 is 0 Å². The molecule has 170 valence electrons. The third kappa shape index (κ3) is 5.01. The molecule has 2 saturated heterocycles. The standard InChI is InChI=1S/C26H31FN2O3/c27-23-11-9-22(10-12-23)26(13-19-32-20-14-26)25(31)29-17-15-28(16-18-29)24(30)8-4-7-21-5-2-1-3-6-21/h1-3,5-6,9-12H,4,7-8,13-20H2. The van der Waals surface area contributed by atoms with Crippen molar-refractivity contribution in [3.8, 4) is 0 Å². The first-order valence-corrected chi connectivity index (χ1v) is 11.5. The quantitative estimate of drug-likeness (QED) is 0.693. The summed E-state index contributed by atoms with van der Waals surface area (Å²) in [5.74, 6) is -0.0706. The van der Waals surface area contributed by atoms with Gasteiger partial charge in [-0.1, -0.05) is 42.5 Å². The predicted molar refractivity (Wildman–Crippen MR) is 121 cm³/mol. The Hall–Kier alpha value is -2.73. The fraction of sp³-hybridized carbons (Fsp3) is 0.462. The summed E-state index contributed by atoms with van der Waals surface area (Å²) < 4.78 is 19.0. The minimum atomic E-state index is -0.673. The molecule has 0 bridgehead atoms. The molecule has 5 nitrogen and oxygen atoms in total. The number of aryl methyl sites for hydroxylation is 1. The van der Waals surface area contributed by atoms with Gasteiger partial charge in [0, 0.05) is 45.8 Å². The highest BCUT2D eigenvalue weighted by Crippen LogP contribution is 2.37. The summed E-state index contributed by atoms with van der Waals surface area (Å²) >= 11 is 0. The van der Waals surface area contributed by atoms with E-state index in [1.807, 2.05) is 28.0 Å². The van der Waals surface area contributed by atoms with E-state index in [1.165, 1.54) is 17.7 Å². The van der Waals surface area contributed by atoms with Crippen molar-refractivity contribution in [1.82, 2.24) is 9.80 Å². The number of piperazine rings is 1. The lowest BCUT2D eigenvalue weighted by atomic mass is 9.73. The zero-order valence-corrected chi connectivity index (χ0v) is 18.5. The van der Waals surface area contributed by atoms with Gasteiger partial charge in [-0.15, -0.1) is 0 Å². The van der Waals surface area contributed by atoms with Crippen LogP contribution in [0.3, 0.4) is 0 Å². The molecule has 6 heteroatoms. The van der Waals surface area contributed by atoms with Gasteiger partial charge in [0.05, 0.1) is 5.41 Å². The maximum absolute atomic E-state index is 13.6. The highest BCUT2D eigenvalue weighted by atomic mass is 19.1. The van der Waals surface area contributed by atoms with E-state index < -0.39 is 5.41 Å². The summed E-state index contributed by atoms with van der Waals surface area (Å²) in [6.07, 6.45) is 3.44. The first kappa shape index (κ1) is 22.5. The van der Waals surface area contributed by atoms with Crippen molar-refractivity contribution in [3.05, 3.63) is 71.5 Å². The van der Waals surface area contributed by atoms with Gasteiger partial charge in [0.25, 0.3) is 0 Å². The van der Waals surface area contributed by atoms with Gasteiger partial charge in [0.1, 0.15) is 5.82 Å². The van der Waals surface area contributed by atoms with Crippen molar-refractivity contribution in [2.45, 2.75) is 37.5 Å². The highest BCUT2D eigenvalue weighted by molar-refractivity contribution is 5.89. The van der Waals surface area contributed by atoms with Gasteiger partial charge in [-0.3, -0.25) is 9.59 Å². The van der Waals surface area contributed by atoms with Crippen LogP contribution in [0.4, 0.5) is 4.39 Å². The third-order valence-electron chi connectivity index (χ3n) is 6.77. The molecule has 0 aliphatic carbocycles. The fourth-order valence-electron chi connectivity index (χ4n) is 4.82. The molecule has 2 aliphatic heterocycles. The molecule has 2 amide bonds. The lowest BCUT2D eigenvalue weighted by Gasteiger charge is -2.43. The van der Waals surface area contributed by atoms with Crippen LogP contribution < -0.4 is 0 Å². The second-order valence-electron chi connectivity index (χ2n) is 8.71. The van der Waals surface area contributed by atoms with Crippen molar-refractivity contribution in [3.63, 3.8) is 0 Å². The van der Waals surface area contributed by atoms with Crippen LogP contribution >= 0.6 is 0 Å². The van der Waals surface area contributed by atoms with Crippen LogP contribution in [0.5, 0.6) is 0 Å². The van der Waals surface area contributed by atoms with Crippen LogP contribution in [0.1, 0.15) is 36.8 Å². The van der Waals surface area contributed by atoms with Crippen LogP contribution in [0.2, 0.25) is 0 Å². The molecule has 0 spiro atoms. The third-order valence-corrected chi connectivity index (χ3v) is 6.77. The minimum absolute atomic E-state index is 0.0728. The number of nitrogens with zero attached hydrogens (tertiary/aromatic N) is 2. The normalized spacial score (nSPS) is 18.4. The number of carbonyl (C=O) groups is 2. The topological polar surface area (TPSA) is 49.9 Å². The van der Waals surface area contributed by atoms with Gasteiger partial charge in [-0.25, -0.2) is 4.39 Å². The Morgan fingerprint density at radius 3 is 2.16 bits per heavy atom. The molecule has 2 heterocycles. The van der Waals surface area contributed by atoms with Gasteiger partial charge in [0.2, 0.25) is 11.8 Å². The number of halogens is 1. The van der Waals surface area contributed by atoms with Crippen LogP contribution in [-0.2, 0) is 26.2 Å². The smallest absolute Gasteiger partial charge is 0.233 e. The largest absolute Gasteiger partial charge is 0.381 e. The van der Waals surface area contributed by atoms with E-state index in [0.717, 1.165) is 18.4 Å². The van der Waals surface area contributed by atoms with E-state index in [0.29, 0.717) is 58.7 Å². The molecule has 0 atom stereocenters. The maximum atomic E-state index is 13.6. The molecule has 32 heavy (non-hydrogen) atoms. The van der Waals surface area contributed by atoms with Gasteiger partial charge < -0.3 is 14.5 Å². The summed E-state index contributed by atoms with van der Waals surface area (Å²) in [5.41, 5.74) is 1.43. The minimum Gasteiger partial charge on any atom is -0.381 e. The van der Waals surface area contributed by atoms with Crippen molar-refractivity contribution >= 4 is 11.8 Å². The zero-order valence-electron chi connectivity index (χ0n) is 18.5. The van der Waals surface area contributed by atoms with E-state index in [4.69, 9.17) is 4.74 Å². The van der Waals surface area contributed by atoms with Gasteiger partial charge in [-0.05, 0) is 48.9 Å². The summed E-state index contributed by atoms with van der Waals surface area (Å²) in [6.45, 7) is 3.23. The molecule has 0 saturated carbocycles. The Labute approximate surface area is 189 Å². The first-order valence-electron chi connectivity index (χ1n) is 11.5. The molecule has 0 unspecified atom stereocenters. The number of carbonyl (C=O) groups excluding carboxylic acids is 2. The fourth-order valence-corrected chi connectivity index (χ4v) is 4.82. The lowest BCUT2D eigenvalue weighted by molar-refractivity contribution is -0.146. The van der Waals surface area contributed by atoms with Crippen molar-refractivity contribution in [2.24, 2.45) is 0 Å². The second kappa shape index (κ2) is 10.3. The van der Waals surface area contributed by atoms with E-state index in [9.17, 15) is 14.0 Å². The summed E-state index contributed by atoms with van der Waals surface area (Å²) in [4.78, 5) is 30.0. The van der Waals surface area contributed by atoms with Crippen molar-refractivity contribution < 1.29 is 18.7 Å². The number of ether oxygens (including phenoxy) is 1.